The maximum Gasteiger partial charge on any atom is 0.0378 e. The first-order chi connectivity index (χ1) is 6.51. The lowest BCUT2D eigenvalue weighted by molar-refractivity contribution is 0.438. The van der Waals surface area contributed by atoms with Crippen molar-refractivity contribution in [1.82, 2.24) is 4.98 Å². The largest absolute Gasteiger partial charge is 0.258 e. The first kappa shape index (κ1) is 11.2. The van der Waals surface area contributed by atoms with Gasteiger partial charge >= 0.3 is 0 Å². The van der Waals surface area contributed by atoms with Gasteiger partial charge in [-0.05, 0) is 49.8 Å². The Morgan fingerprint density at radius 1 is 1.07 bits per heavy atom. The standard InChI is InChI=1S/C13H21N/c1-6-13(5,7-2)12-8-10(3)14-11(4)9-12/h8-9H,6-7H2,1-5H3. The van der Waals surface area contributed by atoms with E-state index in [1.54, 1.807) is 0 Å². The number of aromatic nitrogens is 1. The van der Waals surface area contributed by atoms with Gasteiger partial charge in [-0.1, -0.05) is 20.8 Å². The van der Waals surface area contributed by atoms with Crippen molar-refractivity contribution in [2.45, 2.75) is 52.9 Å². The third-order valence-electron chi connectivity index (χ3n) is 3.34. The van der Waals surface area contributed by atoms with Crippen LogP contribution in [-0.2, 0) is 5.41 Å². The van der Waals surface area contributed by atoms with Gasteiger partial charge in [0.05, 0.1) is 0 Å². The van der Waals surface area contributed by atoms with Crippen molar-refractivity contribution in [2.75, 3.05) is 0 Å². The topological polar surface area (TPSA) is 12.9 Å². The van der Waals surface area contributed by atoms with Gasteiger partial charge in [0.25, 0.3) is 0 Å². The van der Waals surface area contributed by atoms with Crippen LogP contribution in [0, 0.1) is 13.8 Å². The minimum Gasteiger partial charge on any atom is -0.258 e. The highest BCUT2D eigenvalue weighted by molar-refractivity contribution is 5.27. The fourth-order valence-corrected chi connectivity index (χ4v) is 1.84. The lowest BCUT2D eigenvalue weighted by Crippen LogP contribution is -2.20. The quantitative estimate of drug-likeness (QED) is 0.708. The normalized spacial score (nSPS) is 11.8. The van der Waals surface area contributed by atoms with E-state index in [-0.39, 0.29) is 0 Å². The van der Waals surface area contributed by atoms with E-state index >= 15 is 0 Å². The molecule has 0 aliphatic heterocycles. The lowest BCUT2D eigenvalue weighted by atomic mass is 9.78. The lowest BCUT2D eigenvalue weighted by Gasteiger charge is -2.27. The molecule has 0 atom stereocenters. The predicted octanol–water partition coefficient (Wildman–Crippen LogP) is 3.78. The van der Waals surface area contributed by atoms with Crippen LogP contribution in [-0.4, -0.2) is 4.98 Å². The minimum atomic E-state index is 0.318. The van der Waals surface area contributed by atoms with Crippen molar-refractivity contribution in [1.29, 1.82) is 0 Å². The van der Waals surface area contributed by atoms with Crippen molar-refractivity contribution < 1.29 is 0 Å². The molecule has 0 fully saturated rings. The molecule has 0 amide bonds. The zero-order valence-electron chi connectivity index (χ0n) is 10.0. The number of hydrogen-bond donors (Lipinski definition) is 0. The maximum atomic E-state index is 4.42. The average Bonchev–Trinajstić information content (AvgIpc) is 2.15. The molecule has 1 heterocycles. The van der Waals surface area contributed by atoms with E-state index in [9.17, 15) is 0 Å². The van der Waals surface area contributed by atoms with Crippen molar-refractivity contribution >= 4 is 0 Å². The zero-order valence-corrected chi connectivity index (χ0v) is 10.0. The molecule has 0 bridgehead atoms. The summed E-state index contributed by atoms with van der Waals surface area (Å²) in [6, 6.07) is 4.44. The molecule has 1 heteroatoms. The summed E-state index contributed by atoms with van der Waals surface area (Å²) in [5.41, 5.74) is 4.02. The fraction of sp³-hybridized carbons (Fsp3) is 0.615. The monoisotopic (exact) mass is 191 g/mol. The zero-order chi connectivity index (χ0) is 10.8. The van der Waals surface area contributed by atoms with E-state index in [2.05, 4.69) is 51.7 Å². The smallest absolute Gasteiger partial charge is 0.0378 e. The third-order valence-corrected chi connectivity index (χ3v) is 3.34. The van der Waals surface area contributed by atoms with Gasteiger partial charge in [0.2, 0.25) is 0 Å². The van der Waals surface area contributed by atoms with Crippen LogP contribution >= 0.6 is 0 Å². The van der Waals surface area contributed by atoms with E-state index < -0.39 is 0 Å². The Morgan fingerprint density at radius 3 is 1.86 bits per heavy atom. The molecular weight excluding hydrogens is 170 g/mol. The molecule has 1 rings (SSSR count). The van der Waals surface area contributed by atoms with Crippen LogP contribution < -0.4 is 0 Å². The molecule has 14 heavy (non-hydrogen) atoms. The number of pyridine rings is 1. The summed E-state index contributed by atoms with van der Waals surface area (Å²) in [5.74, 6) is 0. The molecule has 0 saturated carbocycles. The summed E-state index contributed by atoms with van der Waals surface area (Å²) >= 11 is 0. The Hall–Kier alpha value is -0.850. The van der Waals surface area contributed by atoms with Crippen molar-refractivity contribution in [2.24, 2.45) is 0 Å². The molecule has 1 aromatic heterocycles. The van der Waals surface area contributed by atoms with Gasteiger partial charge in [0, 0.05) is 11.4 Å². The molecule has 0 aliphatic carbocycles. The maximum absolute atomic E-state index is 4.42. The summed E-state index contributed by atoms with van der Waals surface area (Å²) in [5, 5.41) is 0. The van der Waals surface area contributed by atoms with Crippen molar-refractivity contribution in [3.8, 4) is 0 Å². The van der Waals surface area contributed by atoms with Gasteiger partial charge in [-0.15, -0.1) is 0 Å². The molecule has 78 valence electrons. The van der Waals surface area contributed by atoms with Crippen molar-refractivity contribution in [3.63, 3.8) is 0 Å². The Balaban J connectivity index is 3.17. The number of nitrogens with zero attached hydrogens (tertiary/aromatic N) is 1. The number of rotatable bonds is 3. The second kappa shape index (κ2) is 4.12. The van der Waals surface area contributed by atoms with Gasteiger partial charge in [-0.2, -0.15) is 0 Å². The van der Waals surface area contributed by atoms with E-state index in [0.717, 1.165) is 11.4 Å². The molecule has 0 aromatic carbocycles. The van der Waals surface area contributed by atoms with Gasteiger partial charge in [0.15, 0.2) is 0 Å². The Labute approximate surface area is 87.6 Å². The molecule has 0 N–H and O–H groups in total. The Bertz CT molecular complexity index is 291. The van der Waals surface area contributed by atoms with Gasteiger partial charge in [-0.3, -0.25) is 4.98 Å². The van der Waals surface area contributed by atoms with Crippen LogP contribution in [0.2, 0.25) is 0 Å². The van der Waals surface area contributed by atoms with Crippen LogP contribution in [0.3, 0.4) is 0 Å². The van der Waals surface area contributed by atoms with Gasteiger partial charge < -0.3 is 0 Å². The van der Waals surface area contributed by atoms with Crippen LogP contribution in [0.1, 0.15) is 50.6 Å². The number of aryl methyl sites for hydroxylation is 2. The molecule has 0 spiro atoms. The molecule has 1 aromatic rings. The van der Waals surface area contributed by atoms with E-state index in [0.29, 0.717) is 5.41 Å². The second-order valence-corrected chi connectivity index (χ2v) is 4.41. The van der Waals surface area contributed by atoms with E-state index in [4.69, 9.17) is 0 Å². The van der Waals surface area contributed by atoms with E-state index in [1.165, 1.54) is 18.4 Å². The first-order valence-corrected chi connectivity index (χ1v) is 5.47. The van der Waals surface area contributed by atoms with Crippen molar-refractivity contribution in [3.05, 3.63) is 29.1 Å². The van der Waals surface area contributed by atoms with Crippen LogP contribution in [0.25, 0.3) is 0 Å². The molecule has 0 aliphatic rings. The molecule has 0 radical (unpaired) electrons. The first-order valence-electron chi connectivity index (χ1n) is 5.47. The van der Waals surface area contributed by atoms with E-state index in [1.807, 2.05) is 0 Å². The molecule has 0 unspecified atom stereocenters. The summed E-state index contributed by atoms with van der Waals surface area (Å²) in [6.45, 7) is 11.0. The highest BCUT2D eigenvalue weighted by atomic mass is 14.7. The summed E-state index contributed by atoms with van der Waals surface area (Å²) < 4.78 is 0. The summed E-state index contributed by atoms with van der Waals surface area (Å²) in [6.07, 6.45) is 2.37. The summed E-state index contributed by atoms with van der Waals surface area (Å²) in [4.78, 5) is 4.42. The van der Waals surface area contributed by atoms with Crippen LogP contribution in [0.4, 0.5) is 0 Å². The van der Waals surface area contributed by atoms with Crippen LogP contribution in [0.5, 0.6) is 0 Å². The SMILES string of the molecule is CCC(C)(CC)c1cc(C)nc(C)c1. The summed E-state index contributed by atoms with van der Waals surface area (Å²) in [7, 11) is 0. The second-order valence-electron chi connectivity index (χ2n) is 4.41. The predicted molar refractivity (Wildman–Crippen MR) is 61.6 cm³/mol. The van der Waals surface area contributed by atoms with Crippen LogP contribution in [0.15, 0.2) is 12.1 Å². The molecule has 0 saturated heterocycles. The highest BCUT2D eigenvalue weighted by Gasteiger charge is 2.22. The Kier molecular flexibility index (Phi) is 3.30. The minimum absolute atomic E-state index is 0.318. The fourth-order valence-electron chi connectivity index (χ4n) is 1.84. The van der Waals surface area contributed by atoms with Gasteiger partial charge in [0.1, 0.15) is 0 Å². The molecular formula is C13H21N. The highest BCUT2D eigenvalue weighted by Crippen LogP contribution is 2.31. The molecule has 1 nitrogen and oxygen atoms in total. The average molecular weight is 191 g/mol. The number of hydrogen-bond acceptors (Lipinski definition) is 1. The Morgan fingerprint density at radius 2 is 1.50 bits per heavy atom. The third kappa shape index (κ3) is 2.14. The van der Waals surface area contributed by atoms with Gasteiger partial charge in [-0.25, -0.2) is 0 Å².